The van der Waals surface area contributed by atoms with Crippen LogP contribution in [0.4, 0.5) is 0 Å². The van der Waals surface area contributed by atoms with Crippen LogP contribution in [0, 0.1) is 6.92 Å². The van der Waals surface area contributed by atoms with Crippen LogP contribution in [0.15, 0.2) is 24.3 Å². The SMILES string of the molecule is CCN(CC(O)COc1ccccc1C)C1CCCCC1.Cl. The molecule has 0 bridgehead atoms. The fourth-order valence-electron chi connectivity index (χ4n) is 3.21. The average molecular weight is 328 g/mol. The Hall–Kier alpha value is -0.770. The summed E-state index contributed by atoms with van der Waals surface area (Å²) in [6.45, 7) is 6.30. The van der Waals surface area contributed by atoms with E-state index < -0.39 is 6.10 Å². The van der Waals surface area contributed by atoms with Gasteiger partial charge in [0, 0.05) is 12.6 Å². The molecule has 0 spiro atoms. The van der Waals surface area contributed by atoms with E-state index in [0.29, 0.717) is 19.2 Å². The minimum Gasteiger partial charge on any atom is -0.491 e. The van der Waals surface area contributed by atoms with E-state index in [1.807, 2.05) is 31.2 Å². The molecular weight excluding hydrogens is 298 g/mol. The summed E-state index contributed by atoms with van der Waals surface area (Å²) in [5, 5.41) is 10.3. The highest BCUT2D eigenvalue weighted by molar-refractivity contribution is 5.85. The minimum absolute atomic E-state index is 0. The molecule has 0 saturated heterocycles. The van der Waals surface area contributed by atoms with Gasteiger partial charge in [0.15, 0.2) is 0 Å². The number of hydrogen-bond acceptors (Lipinski definition) is 3. The van der Waals surface area contributed by atoms with Crippen LogP contribution in [0.25, 0.3) is 0 Å². The van der Waals surface area contributed by atoms with E-state index in [0.717, 1.165) is 17.9 Å². The van der Waals surface area contributed by atoms with Crippen molar-refractivity contribution in [2.45, 2.75) is 58.1 Å². The molecule has 0 aliphatic heterocycles. The Labute approximate surface area is 141 Å². The van der Waals surface area contributed by atoms with Crippen molar-refractivity contribution in [2.24, 2.45) is 0 Å². The van der Waals surface area contributed by atoms with Gasteiger partial charge in [0.1, 0.15) is 18.5 Å². The van der Waals surface area contributed by atoms with Gasteiger partial charge < -0.3 is 9.84 Å². The molecule has 0 amide bonds. The molecule has 126 valence electrons. The van der Waals surface area contributed by atoms with E-state index in [1.165, 1.54) is 32.1 Å². The largest absolute Gasteiger partial charge is 0.491 e. The second-order valence-corrected chi connectivity index (χ2v) is 6.11. The summed E-state index contributed by atoms with van der Waals surface area (Å²) in [7, 11) is 0. The third-order valence-corrected chi connectivity index (χ3v) is 4.47. The van der Waals surface area contributed by atoms with Crippen molar-refractivity contribution >= 4 is 12.4 Å². The van der Waals surface area contributed by atoms with Gasteiger partial charge in [-0.1, -0.05) is 44.4 Å². The molecule has 1 aliphatic rings. The summed E-state index contributed by atoms with van der Waals surface area (Å²) < 4.78 is 5.75. The number of benzene rings is 1. The van der Waals surface area contributed by atoms with Crippen molar-refractivity contribution in [1.82, 2.24) is 4.90 Å². The van der Waals surface area contributed by atoms with Crippen molar-refractivity contribution in [3.63, 3.8) is 0 Å². The highest BCUT2D eigenvalue weighted by Gasteiger charge is 2.22. The summed E-state index contributed by atoms with van der Waals surface area (Å²) in [6, 6.07) is 8.61. The van der Waals surface area contributed by atoms with Gasteiger partial charge in [0.2, 0.25) is 0 Å². The number of aliphatic hydroxyl groups excluding tert-OH is 1. The Morgan fingerprint density at radius 3 is 2.55 bits per heavy atom. The van der Waals surface area contributed by atoms with Crippen molar-refractivity contribution in [3.8, 4) is 5.75 Å². The number of nitrogens with zero attached hydrogens (tertiary/aromatic N) is 1. The summed E-state index contributed by atoms with van der Waals surface area (Å²) in [4.78, 5) is 2.42. The molecule has 1 aromatic carbocycles. The van der Waals surface area contributed by atoms with E-state index in [1.54, 1.807) is 0 Å². The quantitative estimate of drug-likeness (QED) is 0.826. The number of aliphatic hydroxyl groups is 1. The van der Waals surface area contributed by atoms with Crippen LogP contribution in [0.2, 0.25) is 0 Å². The molecule has 1 atom stereocenters. The molecule has 1 unspecified atom stereocenters. The molecule has 1 saturated carbocycles. The van der Waals surface area contributed by atoms with E-state index in [2.05, 4.69) is 11.8 Å². The van der Waals surface area contributed by atoms with Gasteiger partial charge in [-0.2, -0.15) is 0 Å². The molecule has 4 heteroatoms. The molecular formula is C18H30ClNO2. The highest BCUT2D eigenvalue weighted by atomic mass is 35.5. The summed E-state index contributed by atoms with van der Waals surface area (Å²) in [5.74, 6) is 0.872. The van der Waals surface area contributed by atoms with Crippen LogP contribution in [0.1, 0.15) is 44.6 Å². The third-order valence-electron chi connectivity index (χ3n) is 4.47. The Morgan fingerprint density at radius 1 is 1.23 bits per heavy atom. The maximum atomic E-state index is 10.3. The van der Waals surface area contributed by atoms with Gasteiger partial charge in [-0.05, 0) is 37.9 Å². The molecule has 1 N–H and O–H groups in total. The van der Waals surface area contributed by atoms with E-state index >= 15 is 0 Å². The lowest BCUT2D eigenvalue weighted by Gasteiger charge is -2.34. The lowest BCUT2D eigenvalue weighted by Crippen LogP contribution is -2.43. The second-order valence-electron chi connectivity index (χ2n) is 6.11. The van der Waals surface area contributed by atoms with Crippen molar-refractivity contribution in [2.75, 3.05) is 19.7 Å². The van der Waals surface area contributed by atoms with Crippen molar-refractivity contribution in [1.29, 1.82) is 0 Å². The number of likely N-dealkylation sites (N-methyl/N-ethyl adjacent to an activating group) is 1. The first-order chi connectivity index (χ1) is 10.2. The fourth-order valence-corrected chi connectivity index (χ4v) is 3.21. The fraction of sp³-hybridized carbons (Fsp3) is 0.667. The standard InChI is InChI=1S/C18H29NO2.ClH/c1-3-19(16-10-5-4-6-11-16)13-17(20)14-21-18-12-8-7-9-15(18)2;/h7-9,12,16-17,20H,3-6,10-11,13-14H2,1-2H3;1H. The van der Waals surface area contributed by atoms with Crippen LogP contribution in [0.3, 0.4) is 0 Å². The Morgan fingerprint density at radius 2 is 1.91 bits per heavy atom. The van der Waals surface area contributed by atoms with Crippen LogP contribution < -0.4 is 4.74 Å². The molecule has 3 nitrogen and oxygen atoms in total. The predicted octanol–water partition coefficient (Wildman–Crippen LogP) is 3.81. The normalized spacial score (nSPS) is 17.1. The second kappa shape index (κ2) is 10.1. The zero-order valence-corrected chi connectivity index (χ0v) is 14.6. The number of hydrogen-bond donors (Lipinski definition) is 1. The first-order valence-electron chi connectivity index (χ1n) is 8.31. The molecule has 1 fully saturated rings. The Balaban J connectivity index is 0.00000242. The maximum Gasteiger partial charge on any atom is 0.122 e. The molecule has 0 aromatic heterocycles. The topological polar surface area (TPSA) is 32.7 Å². The average Bonchev–Trinajstić information content (AvgIpc) is 2.52. The molecule has 2 rings (SSSR count). The summed E-state index contributed by atoms with van der Waals surface area (Å²) >= 11 is 0. The summed E-state index contributed by atoms with van der Waals surface area (Å²) in [6.07, 6.45) is 6.16. The molecule has 22 heavy (non-hydrogen) atoms. The van der Waals surface area contributed by atoms with E-state index in [4.69, 9.17) is 4.74 Å². The van der Waals surface area contributed by atoms with Crippen LogP contribution >= 0.6 is 12.4 Å². The Bertz CT molecular complexity index is 421. The van der Waals surface area contributed by atoms with Crippen LogP contribution in [-0.4, -0.2) is 41.8 Å². The first kappa shape index (κ1) is 19.3. The number of halogens is 1. The predicted molar refractivity (Wildman–Crippen MR) is 94.0 cm³/mol. The van der Waals surface area contributed by atoms with Gasteiger partial charge in [0.05, 0.1) is 0 Å². The molecule has 1 aliphatic carbocycles. The third kappa shape index (κ3) is 5.79. The zero-order valence-electron chi connectivity index (χ0n) is 13.8. The minimum atomic E-state index is -0.425. The summed E-state index contributed by atoms with van der Waals surface area (Å²) in [5.41, 5.74) is 1.12. The molecule has 1 aromatic rings. The lowest BCUT2D eigenvalue weighted by atomic mass is 9.94. The number of para-hydroxylation sites is 1. The van der Waals surface area contributed by atoms with Gasteiger partial charge in [-0.3, -0.25) is 4.90 Å². The smallest absolute Gasteiger partial charge is 0.122 e. The van der Waals surface area contributed by atoms with E-state index in [9.17, 15) is 5.11 Å². The zero-order chi connectivity index (χ0) is 15.1. The highest BCUT2D eigenvalue weighted by Crippen LogP contribution is 2.23. The van der Waals surface area contributed by atoms with Gasteiger partial charge in [0.25, 0.3) is 0 Å². The van der Waals surface area contributed by atoms with Gasteiger partial charge in [-0.25, -0.2) is 0 Å². The van der Waals surface area contributed by atoms with Gasteiger partial charge in [-0.15, -0.1) is 12.4 Å². The number of ether oxygens (including phenoxy) is 1. The van der Waals surface area contributed by atoms with Crippen LogP contribution in [0.5, 0.6) is 5.75 Å². The molecule has 0 radical (unpaired) electrons. The van der Waals surface area contributed by atoms with Crippen LogP contribution in [-0.2, 0) is 0 Å². The number of rotatable bonds is 7. The van der Waals surface area contributed by atoms with E-state index in [-0.39, 0.29) is 12.4 Å². The monoisotopic (exact) mass is 327 g/mol. The maximum absolute atomic E-state index is 10.3. The van der Waals surface area contributed by atoms with Crippen molar-refractivity contribution in [3.05, 3.63) is 29.8 Å². The lowest BCUT2D eigenvalue weighted by molar-refractivity contribution is 0.0462. The van der Waals surface area contributed by atoms with Gasteiger partial charge >= 0.3 is 0 Å². The first-order valence-corrected chi connectivity index (χ1v) is 8.31. The Kier molecular flexibility index (Phi) is 8.84. The molecule has 0 heterocycles. The van der Waals surface area contributed by atoms with Crippen molar-refractivity contribution < 1.29 is 9.84 Å². The number of aryl methyl sites for hydroxylation is 1.